The number of amides is 2. The summed E-state index contributed by atoms with van der Waals surface area (Å²) in [6, 6.07) is 8.42. The molecule has 2 aromatic heterocycles. The zero-order chi connectivity index (χ0) is 27.6. The molecular formula is C26H28F2N4O5S. The quantitative estimate of drug-likeness (QED) is 0.323. The maximum Gasteiger partial charge on any atom is 0.251 e. The first kappa shape index (κ1) is 27.6. The summed E-state index contributed by atoms with van der Waals surface area (Å²) in [6.07, 6.45) is 0.0379. The summed E-state index contributed by atoms with van der Waals surface area (Å²) in [7, 11) is 0. The van der Waals surface area contributed by atoms with E-state index in [4.69, 9.17) is 10.5 Å². The molecule has 0 saturated carbocycles. The number of halogens is 2. The Hall–Kier alpha value is -3.45. The highest BCUT2D eigenvalue weighted by atomic mass is 32.1. The van der Waals surface area contributed by atoms with Gasteiger partial charge in [-0.25, -0.2) is 13.8 Å². The van der Waals surface area contributed by atoms with E-state index in [0.717, 1.165) is 23.5 Å². The number of nitrogens with two attached hydrogens (primary N) is 1. The number of primary amides is 1. The third-order valence-electron chi connectivity index (χ3n) is 6.03. The molecule has 0 aliphatic carbocycles. The number of aromatic nitrogens is 1. The second kappa shape index (κ2) is 11.1. The number of benzene rings is 1. The minimum absolute atomic E-state index is 0.0252. The summed E-state index contributed by atoms with van der Waals surface area (Å²) < 4.78 is 35.3. The fourth-order valence-corrected chi connectivity index (χ4v) is 5.12. The van der Waals surface area contributed by atoms with Crippen LogP contribution in [-0.4, -0.2) is 57.7 Å². The number of hydrogen-bond acceptors (Lipinski definition) is 8. The van der Waals surface area contributed by atoms with Crippen LogP contribution >= 0.6 is 11.3 Å². The Kier molecular flexibility index (Phi) is 8.07. The van der Waals surface area contributed by atoms with Gasteiger partial charge in [-0.2, -0.15) is 0 Å². The van der Waals surface area contributed by atoms with Crippen molar-refractivity contribution in [1.29, 1.82) is 0 Å². The Morgan fingerprint density at radius 2 is 1.97 bits per heavy atom. The molecule has 1 saturated heterocycles. The Labute approximate surface area is 221 Å². The first-order valence-corrected chi connectivity index (χ1v) is 12.7. The number of ether oxygens (including phenoxy) is 1. The second-order valence-electron chi connectivity index (χ2n) is 9.51. The zero-order valence-corrected chi connectivity index (χ0v) is 21.6. The van der Waals surface area contributed by atoms with Crippen molar-refractivity contribution >= 4 is 34.0 Å². The first-order chi connectivity index (χ1) is 17.9. The topological polar surface area (TPSA) is 138 Å². The molecule has 9 nitrogen and oxygen atoms in total. The molecule has 2 amide bonds. The molecule has 0 bridgehead atoms. The standard InChI is InChI=1S/C26H28F2N4O5S/c1-26(2,36)14-8-18(27)23(19(28)9-14)20-10-17(24(29)35)25(38-20)31-21-5-3-4-15(30-21)12-37-13-22(34)32-7-6-16(33)11-32/h3-5,8-10,16,33,36H,6-7,11-13H2,1-2H3,(H2,29,35)(H,30,31). The van der Waals surface area contributed by atoms with Crippen LogP contribution in [-0.2, 0) is 21.7 Å². The predicted octanol–water partition coefficient (Wildman–Crippen LogP) is 3.27. The van der Waals surface area contributed by atoms with Crippen LogP contribution < -0.4 is 11.1 Å². The number of aliphatic hydroxyl groups is 2. The van der Waals surface area contributed by atoms with Crippen LogP contribution in [0.5, 0.6) is 0 Å². The summed E-state index contributed by atoms with van der Waals surface area (Å²) in [5.74, 6) is -2.46. The van der Waals surface area contributed by atoms with Gasteiger partial charge in [-0.15, -0.1) is 11.3 Å². The van der Waals surface area contributed by atoms with Gasteiger partial charge in [0.05, 0.1) is 35.1 Å². The molecular weight excluding hydrogens is 518 g/mol. The number of anilines is 2. The molecule has 1 atom stereocenters. The molecule has 1 aliphatic rings. The van der Waals surface area contributed by atoms with E-state index in [-0.39, 0.29) is 45.7 Å². The first-order valence-electron chi connectivity index (χ1n) is 11.8. The van der Waals surface area contributed by atoms with Crippen LogP contribution in [0.1, 0.15) is 41.9 Å². The van der Waals surface area contributed by atoms with E-state index in [0.29, 0.717) is 31.0 Å². The van der Waals surface area contributed by atoms with Crippen molar-refractivity contribution in [3.8, 4) is 10.4 Å². The van der Waals surface area contributed by atoms with Gasteiger partial charge in [-0.3, -0.25) is 9.59 Å². The number of hydrogen-bond donors (Lipinski definition) is 4. The fourth-order valence-electron chi connectivity index (χ4n) is 4.00. The Bertz CT molecular complexity index is 1330. The summed E-state index contributed by atoms with van der Waals surface area (Å²) >= 11 is 0.923. The molecule has 1 unspecified atom stereocenters. The lowest BCUT2D eigenvalue weighted by Gasteiger charge is -2.18. The lowest BCUT2D eigenvalue weighted by Crippen LogP contribution is -2.32. The van der Waals surface area contributed by atoms with E-state index in [2.05, 4.69) is 10.3 Å². The number of nitrogens with zero attached hydrogens (tertiary/aromatic N) is 2. The van der Waals surface area contributed by atoms with E-state index < -0.39 is 29.2 Å². The van der Waals surface area contributed by atoms with Gasteiger partial charge in [-0.1, -0.05) is 6.07 Å². The molecule has 1 aliphatic heterocycles. The molecule has 5 N–H and O–H groups in total. The molecule has 0 spiro atoms. The van der Waals surface area contributed by atoms with Crippen molar-refractivity contribution in [1.82, 2.24) is 9.88 Å². The highest BCUT2D eigenvalue weighted by molar-refractivity contribution is 7.20. The van der Waals surface area contributed by atoms with Crippen molar-refractivity contribution < 1.29 is 33.3 Å². The number of rotatable bonds is 9. The number of thiophene rings is 1. The lowest BCUT2D eigenvalue weighted by molar-refractivity contribution is -0.135. The number of carbonyl (C=O) groups excluding carboxylic acids is 2. The average Bonchev–Trinajstić information content (AvgIpc) is 3.45. The summed E-state index contributed by atoms with van der Waals surface area (Å²) in [5.41, 5.74) is 4.33. The van der Waals surface area contributed by atoms with Gasteiger partial charge >= 0.3 is 0 Å². The van der Waals surface area contributed by atoms with Gasteiger partial charge in [0.25, 0.3) is 5.91 Å². The molecule has 1 fully saturated rings. The van der Waals surface area contributed by atoms with Crippen molar-refractivity contribution in [2.24, 2.45) is 5.73 Å². The van der Waals surface area contributed by atoms with Crippen LogP contribution in [0.25, 0.3) is 10.4 Å². The van der Waals surface area contributed by atoms with Crippen molar-refractivity contribution in [2.45, 2.75) is 38.6 Å². The van der Waals surface area contributed by atoms with Crippen molar-refractivity contribution in [3.63, 3.8) is 0 Å². The average molecular weight is 547 g/mol. The van der Waals surface area contributed by atoms with Crippen LogP contribution in [0.3, 0.4) is 0 Å². The van der Waals surface area contributed by atoms with E-state index >= 15 is 0 Å². The van der Waals surface area contributed by atoms with Gasteiger partial charge in [0, 0.05) is 18.0 Å². The monoisotopic (exact) mass is 546 g/mol. The minimum atomic E-state index is -1.44. The normalized spacial score (nSPS) is 15.6. The number of β-amino-alcohol motifs (C(OH)–C–C–N with tert-alkyl or cyclic N) is 1. The van der Waals surface area contributed by atoms with Gasteiger partial charge in [0.2, 0.25) is 5.91 Å². The number of nitrogens with one attached hydrogen (secondary N) is 1. The maximum absolute atomic E-state index is 14.9. The molecule has 4 rings (SSSR count). The molecule has 202 valence electrons. The lowest BCUT2D eigenvalue weighted by atomic mass is 9.96. The number of likely N-dealkylation sites (tertiary alicyclic amines) is 1. The van der Waals surface area contributed by atoms with E-state index in [1.54, 1.807) is 23.1 Å². The van der Waals surface area contributed by atoms with Crippen LogP contribution in [0.2, 0.25) is 0 Å². The zero-order valence-electron chi connectivity index (χ0n) is 20.8. The highest BCUT2D eigenvalue weighted by Crippen LogP contribution is 2.40. The number of aliphatic hydroxyl groups excluding tert-OH is 1. The maximum atomic E-state index is 14.9. The van der Waals surface area contributed by atoms with Gasteiger partial charge in [0.1, 0.15) is 29.1 Å². The number of carbonyl (C=O) groups is 2. The second-order valence-corrected chi connectivity index (χ2v) is 10.6. The van der Waals surface area contributed by atoms with Gasteiger partial charge in [0.15, 0.2) is 0 Å². The SMILES string of the molecule is CC(C)(O)c1cc(F)c(-c2cc(C(N)=O)c(Nc3cccc(COCC(=O)N4CCC(O)C4)n3)s2)c(F)c1. The Morgan fingerprint density at radius 3 is 2.58 bits per heavy atom. The van der Waals surface area contributed by atoms with Crippen molar-refractivity contribution in [3.05, 3.63) is 64.9 Å². The Balaban J connectivity index is 1.50. The molecule has 38 heavy (non-hydrogen) atoms. The van der Waals surface area contributed by atoms with E-state index in [1.165, 1.54) is 19.9 Å². The molecule has 3 aromatic rings. The fraction of sp³-hybridized carbons (Fsp3) is 0.346. The molecule has 0 radical (unpaired) electrons. The largest absolute Gasteiger partial charge is 0.391 e. The third kappa shape index (κ3) is 6.33. The summed E-state index contributed by atoms with van der Waals surface area (Å²) in [5, 5.41) is 22.9. The third-order valence-corrected chi connectivity index (χ3v) is 7.10. The highest BCUT2D eigenvalue weighted by Gasteiger charge is 2.25. The van der Waals surface area contributed by atoms with Crippen molar-refractivity contribution in [2.75, 3.05) is 25.0 Å². The van der Waals surface area contributed by atoms with Crippen LogP contribution in [0.4, 0.5) is 19.6 Å². The summed E-state index contributed by atoms with van der Waals surface area (Å²) in [6.45, 7) is 3.51. The van der Waals surface area contributed by atoms with E-state index in [1.807, 2.05) is 0 Å². The molecule has 12 heteroatoms. The predicted molar refractivity (Wildman–Crippen MR) is 138 cm³/mol. The smallest absolute Gasteiger partial charge is 0.251 e. The minimum Gasteiger partial charge on any atom is -0.391 e. The number of pyridine rings is 1. The Morgan fingerprint density at radius 1 is 1.26 bits per heavy atom. The molecule has 1 aromatic carbocycles. The van der Waals surface area contributed by atoms with Gasteiger partial charge < -0.3 is 30.9 Å². The van der Waals surface area contributed by atoms with Crippen LogP contribution in [0.15, 0.2) is 36.4 Å². The van der Waals surface area contributed by atoms with E-state index in [9.17, 15) is 28.6 Å². The van der Waals surface area contributed by atoms with Crippen LogP contribution in [0, 0.1) is 11.6 Å². The molecule has 3 heterocycles. The summed E-state index contributed by atoms with van der Waals surface area (Å²) in [4.78, 5) is 30.3. The van der Waals surface area contributed by atoms with Gasteiger partial charge in [-0.05, 0) is 56.2 Å².